The predicted octanol–water partition coefficient (Wildman–Crippen LogP) is 2.83. The standard InChI is InChI=1S/C17H26N2O2/c1-16(2,3)21-15(20)19-11-10-18-17(4,13-19)12-14-8-6-5-7-9-14/h5-9,18H,10-13H2,1-4H3/t17-/m1/s1. The van der Waals surface area contributed by atoms with Gasteiger partial charge in [-0.1, -0.05) is 30.3 Å². The first kappa shape index (κ1) is 15.8. The van der Waals surface area contributed by atoms with Gasteiger partial charge in [0.25, 0.3) is 0 Å². The largest absolute Gasteiger partial charge is 0.444 e. The second-order valence-electron chi connectivity index (χ2n) is 7.05. The molecule has 1 N–H and O–H groups in total. The third-order valence-electron chi connectivity index (χ3n) is 3.56. The number of nitrogens with zero attached hydrogens (tertiary/aromatic N) is 1. The van der Waals surface area contributed by atoms with E-state index in [1.807, 2.05) is 43.9 Å². The maximum Gasteiger partial charge on any atom is 0.410 e. The lowest BCUT2D eigenvalue weighted by Crippen LogP contribution is -2.61. The van der Waals surface area contributed by atoms with E-state index in [-0.39, 0.29) is 11.6 Å². The number of amides is 1. The summed E-state index contributed by atoms with van der Waals surface area (Å²) in [5, 5.41) is 3.54. The Balaban J connectivity index is 2.01. The van der Waals surface area contributed by atoms with Crippen LogP contribution >= 0.6 is 0 Å². The van der Waals surface area contributed by atoms with Gasteiger partial charge in [0.2, 0.25) is 0 Å². The summed E-state index contributed by atoms with van der Waals surface area (Å²) < 4.78 is 5.48. The van der Waals surface area contributed by atoms with Crippen LogP contribution in [0, 0.1) is 0 Å². The molecule has 1 atom stereocenters. The van der Waals surface area contributed by atoms with Gasteiger partial charge in [0.05, 0.1) is 0 Å². The Morgan fingerprint density at radius 2 is 2.00 bits per heavy atom. The average molecular weight is 290 g/mol. The van der Waals surface area contributed by atoms with Crippen LogP contribution in [-0.2, 0) is 11.2 Å². The molecule has 1 heterocycles. The highest BCUT2D eigenvalue weighted by Gasteiger charge is 2.34. The van der Waals surface area contributed by atoms with Crippen molar-refractivity contribution in [1.82, 2.24) is 10.2 Å². The topological polar surface area (TPSA) is 41.6 Å². The molecule has 21 heavy (non-hydrogen) atoms. The normalized spacial score (nSPS) is 23.0. The van der Waals surface area contributed by atoms with Gasteiger partial charge in [0, 0.05) is 25.2 Å². The van der Waals surface area contributed by atoms with Crippen LogP contribution in [0.4, 0.5) is 4.79 Å². The monoisotopic (exact) mass is 290 g/mol. The Kier molecular flexibility index (Phi) is 4.57. The van der Waals surface area contributed by atoms with Crippen molar-refractivity contribution in [2.75, 3.05) is 19.6 Å². The highest BCUT2D eigenvalue weighted by atomic mass is 16.6. The SMILES string of the molecule is CC(C)(C)OC(=O)N1CCN[C@](C)(Cc2ccccc2)C1. The van der Waals surface area contributed by atoms with E-state index in [1.54, 1.807) is 0 Å². The van der Waals surface area contributed by atoms with Crippen LogP contribution in [0.2, 0.25) is 0 Å². The molecule has 4 nitrogen and oxygen atoms in total. The Hall–Kier alpha value is -1.55. The van der Waals surface area contributed by atoms with Gasteiger partial charge >= 0.3 is 6.09 Å². The number of carbonyl (C=O) groups excluding carboxylic acids is 1. The lowest BCUT2D eigenvalue weighted by molar-refractivity contribution is 0.0136. The minimum atomic E-state index is -0.447. The van der Waals surface area contributed by atoms with Crippen molar-refractivity contribution < 1.29 is 9.53 Å². The molecule has 1 aromatic carbocycles. The van der Waals surface area contributed by atoms with Crippen LogP contribution in [0.15, 0.2) is 30.3 Å². The molecular formula is C17H26N2O2. The summed E-state index contributed by atoms with van der Waals surface area (Å²) in [7, 11) is 0. The van der Waals surface area contributed by atoms with Crippen molar-refractivity contribution in [2.24, 2.45) is 0 Å². The molecule has 0 saturated carbocycles. The molecule has 1 saturated heterocycles. The zero-order chi connectivity index (χ0) is 15.5. The summed E-state index contributed by atoms with van der Waals surface area (Å²) in [5.74, 6) is 0. The molecule has 1 aromatic rings. The molecule has 4 heteroatoms. The summed E-state index contributed by atoms with van der Waals surface area (Å²) in [6.07, 6.45) is 0.677. The molecule has 1 fully saturated rings. The van der Waals surface area contributed by atoms with Crippen LogP contribution < -0.4 is 5.32 Å². The first-order chi connectivity index (χ1) is 9.77. The highest BCUT2D eigenvalue weighted by Crippen LogP contribution is 2.19. The number of hydrogen-bond donors (Lipinski definition) is 1. The lowest BCUT2D eigenvalue weighted by atomic mass is 9.90. The van der Waals surface area contributed by atoms with Crippen LogP contribution in [0.3, 0.4) is 0 Å². The first-order valence-corrected chi connectivity index (χ1v) is 7.54. The Morgan fingerprint density at radius 1 is 1.33 bits per heavy atom. The van der Waals surface area contributed by atoms with Crippen molar-refractivity contribution in [3.05, 3.63) is 35.9 Å². The molecule has 1 aliphatic heterocycles. The number of hydrogen-bond acceptors (Lipinski definition) is 3. The quantitative estimate of drug-likeness (QED) is 0.910. The van der Waals surface area contributed by atoms with E-state index in [9.17, 15) is 4.79 Å². The number of benzene rings is 1. The number of rotatable bonds is 2. The maximum atomic E-state index is 12.2. The molecule has 116 valence electrons. The molecule has 0 aromatic heterocycles. The maximum absolute atomic E-state index is 12.2. The minimum Gasteiger partial charge on any atom is -0.444 e. The van der Waals surface area contributed by atoms with Gasteiger partial charge in [-0.15, -0.1) is 0 Å². The zero-order valence-electron chi connectivity index (χ0n) is 13.5. The summed E-state index contributed by atoms with van der Waals surface area (Å²) in [6.45, 7) is 10.0. The molecule has 1 aliphatic rings. The van der Waals surface area contributed by atoms with Crippen molar-refractivity contribution >= 4 is 6.09 Å². The molecule has 0 aliphatic carbocycles. The van der Waals surface area contributed by atoms with Crippen LogP contribution in [0.25, 0.3) is 0 Å². The smallest absolute Gasteiger partial charge is 0.410 e. The number of carbonyl (C=O) groups is 1. The van der Waals surface area contributed by atoms with E-state index in [2.05, 4.69) is 24.4 Å². The van der Waals surface area contributed by atoms with E-state index in [0.717, 1.165) is 13.0 Å². The van der Waals surface area contributed by atoms with Gasteiger partial charge in [-0.2, -0.15) is 0 Å². The van der Waals surface area contributed by atoms with Crippen LogP contribution in [0.5, 0.6) is 0 Å². The van der Waals surface area contributed by atoms with Crippen molar-refractivity contribution in [1.29, 1.82) is 0 Å². The first-order valence-electron chi connectivity index (χ1n) is 7.54. The molecule has 2 rings (SSSR count). The van der Waals surface area contributed by atoms with Crippen LogP contribution in [0.1, 0.15) is 33.3 Å². The van der Waals surface area contributed by atoms with Crippen molar-refractivity contribution in [3.63, 3.8) is 0 Å². The minimum absolute atomic E-state index is 0.115. The number of nitrogens with one attached hydrogen (secondary N) is 1. The van der Waals surface area contributed by atoms with Gasteiger partial charge < -0.3 is 15.0 Å². The fourth-order valence-corrected chi connectivity index (χ4v) is 2.70. The van der Waals surface area contributed by atoms with Gasteiger partial charge in [-0.05, 0) is 39.7 Å². The molecular weight excluding hydrogens is 264 g/mol. The lowest BCUT2D eigenvalue weighted by Gasteiger charge is -2.42. The molecule has 0 bridgehead atoms. The zero-order valence-corrected chi connectivity index (χ0v) is 13.5. The highest BCUT2D eigenvalue weighted by molar-refractivity contribution is 5.68. The second kappa shape index (κ2) is 6.06. The fraction of sp³-hybridized carbons (Fsp3) is 0.588. The Morgan fingerprint density at radius 3 is 2.62 bits per heavy atom. The summed E-state index contributed by atoms with van der Waals surface area (Å²) in [6, 6.07) is 10.4. The van der Waals surface area contributed by atoms with E-state index < -0.39 is 5.60 Å². The summed E-state index contributed by atoms with van der Waals surface area (Å²) >= 11 is 0. The molecule has 0 unspecified atom stereocenters. The Bertz CT molecular complexity index is 481. The number of piperazine rings is 1. The van der Waals surface area contributed by atoms with Crippen LogP contribution in [-0.4, -0.2) is 41.8 Å². The van der Waals surface area contributed by atoms with E-state index in [4.69, 9.17) is 4.74 Å². The van der Waals surface area contributed by atoms with Gasteiger partial charge in [-0.3, -0.25) is 0 Å². The third kappa shape index (κ3) is 4.74. The van der Waals surface area contributed by atoms with Gasteiger partial charge in [-0.25, -0.2) is 4.79 Å². The molecule has 1 amide bonds. The van der Waals surface area contributed by atoms with Crippen molar-refractivity contribution in [2.45, 2.75) is 45.3 Å². The van der Waals surface area contributed by atoms with E-state index in [1.165, 1.54) is 5.56 Å². The molecule has 0 spiro atoms. The van der Waals surface area contributed by atoms with E-state index in [0.29, 0.717) is 13.1 Å². The predicted molar refractivity (Wildman–Crippen MR) is 84.4 cm³/mol. The summed E-state index contributed by atoms with van der Waals surface area (Å²) in [4.78, 5) is 14.0. The molecule has 0 radical (unpaired) electrons. The van der Waals surface area contributed by atoms with Gasteiger partial charge in [0.15, 0.2) is 0 Å². The van der Waals surface area contributed by atoms with E-state index >= 15 is 0 Å². The third-order valence-corrected chi connectivity index (χ3v) is 3.56. The second-order valence-corrected chi connectivity index (χ2v) is 7.05. The van der Waals surface area contributed by atoms with Gasteiger partial charge in [0.1, 0.15) is 5.60 Å². The number of ether oxygens (including phenoxy) is 1. The average Bonchev–Trinajstić information content (AvgIpc) is 2.37. The fourth-order valence-electron chi connectivity index (χ4n) is 2.70. The summed E-state index contributed by atoms with van der Waals surface area (Å²) in [5.41, 5.74) is 0.715. The Labute approximate surface area is 127 Å². The van der Waals surface area contributed by atoms with Crippen molar-refractivity contribution in [3.8, 4) is 0 Å².